The molecule has 5 nitrogen and oxygen atoms in total. The van der Waals surface area contributed by atoms with Gasteiger partial charge in [-0.2, -0.15) is 0 Å². The van der Waals surface area contributed by atoms with E-state index in [1.807, 2.05) is 6.07 Å². The average molecular weight is 353 g/mol. The van der Waals surface area contributed by atoms with E-state index in [0.717, 1.165) is 6.54 Å². The number of benzene rings is 1. The van der Waals surface area contributed by atoms with Crippen LogP contribution in [0.15, 0.2) is 24.3 Å². The summed E-state index contributed by atoms with van der Waals surface area (Å²) in [6, 6.07) is 8.34. The Morgan fingerprint density at radius 1 is 1.29 bits per heavy atom. The van der Waals surface area contributed by atoms with E-state index in [0.29, 0.717) is 13.1 Å². The van der Waals surface area contributed by atoms with Gasteiger partial charge in [-0.25, -0.2) is 4.79 Å². The highest BCUT2D eigenvalue weighted by Crippen LogP contribution is 2.37. The lowest BCUT2D eigenvalue weighted by atomic mass is 10.1. The summed E-state index contributed by atoms with van der Waals surface area (Å²) >= 11 is 0. The highest BCUT2D eigenvalue weighted by molar-refractivity contribution is 6.74. The molecule has 1 atom stereocenters. The molecule has 0 aromatic heterocycles. The molecule has 1 aromatic rings. The Labute approximate surface area is 146 Å². The van der Waals surface area contributed by atoms with Crippen LogP contribution in [0, 0.1) is 6.92 Å². The van der Waals surface area contributed by atoms with Crippen LogP contribution < -0.4 is 10.6 Å². The van der Waals surface area contributed by atoms with Gasteiger partial charge in [-0.3, -0.25) is 0 Å². The second-order valence-corrected chi connectivity index (χ2v) is 12.6. The molecule has 1 amide bonds. The molecule has 0 aliphatic heterocycles. The summed E-state index contributed by atoms with van der Waals surface area (Å²) in [6.07, 6.45) is -1.19. The van der Waals surface area contributed by atoms with E-state index in [1.165, 1.54) is 11.1 Å². The molecule has 24 heavy (non-hydrogen) atoms. The van der Waals surface area contributed by atoms with E-state index in [4.69, 9.17) is 9.53 Å². The monoisotopic (exact) mass is 352 g/mol. The third kappa shape index (κ3) is 7.03. The summed E-state index contributed by atoms with van der Waals surface area (Å²) in [6.45, 7) is 14.6. The van der Waals surface area contributed by atoms with Gasteiger partial charge < -0.3 is 20.2 Å². The zero-order valence-corrected chi connectivity index (χ0v) is 16.8. The molecule has 1 aromatic carbocycles. The van der Waals surface area contributed by atoms with Gasteiger partial charge in [0, 0.05) is 19.6 Å². The topological polar surface area (TPSA) is 70.6 Å². The first-order valence-electron chi connectivity index (χ1n) is 8.42. The molecule has 0 aliphatic carbocycles. The molecule has 1 rings (SSSR count). The highest BCUT2D eigenvalue weighted by Gasteiger charge is 2.39. The van der Waals surface area contributed by atoms with Crippen molar-refractivity contribution in [2.75, 3.05) is 13.1 Å². The van der Waals surface area contributed by atoms with Gasteiger partial charge >= 0.3 is 6.09 Å². The van der Waals surface area contributed by atoms with Crippen molar-refractivity contribution in [2.45, 2.75) is 58.5 Å². The van der Waals surface area contributed by atoms with Gasteiger partial charge in [0.05, 0.1) is 6.10 Å². The summed E-state index contributed by atoms with van der Waals surface area (Å²) in [5, 5.41) is 14.8. The molecule has 0 fully saturated rings. The Bertz CT molecular complexity index is 541. The Kier molecular flexibility index (Phi) is 7.44. The van der Waals surface area contributed by atoms with Gasteiger partial charge in [-0.1, -0.05) is 50.6 Å². The Balaban J connectivity index is 2.63. The number of hydrogen-bond donors (Lipinski definition) is 3. The van der Waals surface area contributed by atoms with Gasteiger partial charge in [0.15, 0.2) is 8.32 Å². The van der Waals surface area contributed by atoms with Crippen LogP contribution in [0.25, 0.3) is 0 Å². The third-order valence-corrected chi connectivity index (χ3v) is 9.07. The molecule has 0 radical (unpaired) electrons. The van der Waals surface area contributed by atoms with E-state index in [2.05, 4.69) is 69.6 Å². The van der Waals surface area contributed by atoms with Crippen molar-refractivity contribution in [3.8, 4) is 0 Å². The molecule has 0 bridgehead atoms. The molecule has 1 unspecified atom stereocenters. The first kappa shape index (κ1) is 20.7. The molecule has 0 saturated heterocycles. The summed E-state index contributed by atoms with van der Waals surface area (Å²) in [5.74, 6) is 0. The fraction of sp³-hybridized carbons (Fsp3) is 0.611. The zero-order chi connectivity index (χ0) is 18.4. The van der Waals surface area contributed by atoms with Crippen LogP contribution in [0.5, 0.6) is 0 Å². The van der Waals surface area contributed by atoms with Crippen LogP contribution >= 0.6 is 0 Å². The van der Waals surface area contributed by atoms with Gasteiger partial charge in [0.1, 0.15) is 0 Å². The maximum Gasteiger partial charge on any atom is 0.404 e. The second-order valence-electron chi connectivity index (χ2n) is 7.81. The quantitative estimate of drug-likeness (QED) is 0.623. The number of carboxylic acid groups (broad SMARTS) is 1. The molecule has 0 saturated carbocycles. The number of carbonyl (C=O) groups is 1. The normalized spacial score (nSPS) is 13.6. The Hall–Kier alpha value is -1.37. The van der Waals surface area contributed by atoms with E-state index < -0.39 is 14.4 Å². The lowest BCUT2D eigenvalue weighted by Gasteiger charge is -2.39. The molecule has 0 heterocycles. The number of rotatable bonds is 8. The van der Waals surface area contributed by atoms with Crippen LogP contribution in [0.2, 0.25) is 18.1 Å². The smallest absolute Gasteiger partial charge is 0.404 e. The van der Waals surface area contributed by atoms with Crippen LogP contribution in [0.1, 0.15) is 31.9 Å². The minimum atomic E-state index is -1.95. The van der Waals surface area contributed by atoms with Gasteiger partial charge in [0.2, 0.25) is 0 Å². The lowest BCUT2D eigenvalue weighted by molar-refractivity contribution is 0.159. The highest BCUT2D eigenvalue weighted by atomic mass is 28.4. The van der Waals surface area contributed by atoms with E-state index in [1.54, 1.807) is 0 Å². The predicted octanol–water partition coefficient (Wildman–Crippen LogP) is 3.74. The van der Waals surface area contributed by atoms with E-state index in [9.17, 15) is 4.79 Å². The molecule has 136 valence electrons. The number of amides is 1. The molecular formula is C18H32N2O3Si. The minimum Gasteiger partial charge on any atom is -0.465 e. The average Bonchev–Trinajstić information content (AvgIpc) is 2.43. The van der Waals surface area contributed by atoms with Crippen LogP contribution in [-0.2, 0) is 11.0 Å². The van der Waals surface area contributed by atoms with Crippen molar-refractivity contribution in [2.24, 2.45) is 0 Å². The van der Waals surface area contributed by atoms with Crippen molar-refractivity contribution in [1.29, 1.82) is 0 Å². The van der Waals surface area contributed by atoms with Crippen molar-refractivity contribution in [3.63, 3.8) is 0 Å². The fourth-order valence-corrected chi connectivity index (χ4v) is 3.50. The molecule has 3 N–H and O–H groups in total. The number of aryl methyl sites for hydroxylation is 1. The van der Waals surface area contributed by atoms with E-state index >= 15 is 0 Å². The summed E-state index contributed by atoms with van der Waals surface area (Å²) < 4.78 is 6.37. The SMILES string of the molecule is Cc1cccc(CNCC(CNC(=O)O)O[Si](C)(C)C(C)(C)C)c1. The molecule has 0 aliphatic rings. The number of nitrogens with one attached hydrogen (secondary N) is 2. The molecular weight excluding hydrogens is 320 g/mol. The maximum atomic E-state index is 10.8. The van der Waals surface area contributed by atoms with Crippen LogP contribution in [-0.4, -0.2) is 38.7 Å². The van der Waals surface area contributed by atoms with Gasteiger partial charge in [-0.05, 0) is 30.6 Å². The first-order valence-corrected chi connectivity index (χ1v) is 11.3. The van der Waals surface area contributed by atoms with Crippen molar-refractivity contribution in [3.05, 3.63) is 35.4 Å². The Morgan fingerprint density at radius 2 is 1.96 bits per heavy atom. The summed E-state index contributed by atoms with van der Waals surface area (Å²) in [7, 11) is -1.95. The lowest BCUT2D eigenvalue weighted by Crippen LogP contribution is -2.49. The summed E-state index contributed by atoms with van der Waals surface area (Å²) in [5.41, 5.74) is 2.45. The van der Waals surface area contributed by atoms with Crippen LogP contribution in [0.4, 0.5) is 4.79 Å². The predicted molar refractivity (Wildman–Crippen MR) is 101 cm³/mol. The fourth-order valence-electron chi connectivity index (χ4n) is 2.15. The van der Waals surface area contributed by atoms with Gasteiger partial charge in [-0.15, -0.1) is 0 Å². The molecule has 0 spiro atoms. The van der Waals surface area contributed by atoms with Crippen molar-refractivity contribution < 1.29 is 14.3 Å². The van der Waals surface area contributed by atoms with Crippen LogP contribution in [0.3, 0.4) is 0 Å². The van der Waals surface area contributed by atoms with Crippen molar-refractivity contribution in [1.82, 2.24) is 10.6 Å². The second kappa shape index (κ2) is 8.64. The Morgan fingerprint density at radius 3 is 2.50 bits per heavy atom. The minimum absolute atomic E-state index is 0.0883. The van der Waals surface area contributed by atoms with Gasteiger partial charge in [0.25, 0.3) is 0 Å². The third-order valence-electron chi connectivity index (χ3n) is 4.53. The van der Waals surface area contributed by atoms with Crippen molar-refractivity contribution >= 4 is 14.4 Å². The first-order chi connectivity index (χ1) is 11.0. The summed E-state index contributed by atoms with van der Waals surface area (Å²) in [4.78, 5) is 10.8. The standard InChI is InChI=1S/C18H32N2O3Si/c1-14-8-7-9-15(10-14)11-19-12-16(13-20-17(21)22)23-24(5,6)18(2,3)4/h7-10,16,19-20H,11-13H2,1-6H3,(H,21,22). The number of hydrogen-bond acceptors (Lipinski definition) is 3. The van der Waals surface area contributed by atoms with E-state index in [-0.39, 0.29) is 11.1 Å². The largest absolute Gasteiger partial charge is 0.465 e. The molecule has 6 heteroatoms. The zero-order valence-electron chi connectivity index (χ0n) is 15.8. The maximum absolute atomic E-state index is 10.8.